The van der Waals surface area contributed by atoms with Crippen molar-refractivity contribution in [1.29, 1.82) is 0 Å². The molecule has 0 spiro atoms. The highest BCUT2D eigenvalue weighted by molar-refractivity contribution is 5.13. The van der Waals surface area contributed by atoms with Crippen LogP contribution >= 0.6 is 0 Å². The predicted octanol–water partition coefficient (Wildman–Crippen LogP) is 3.92. The first-order chi connectivity index (χ1) is 9.30. The van der Waals surface area contributed by atoms with Crippen LogP contribution in [0.5, 0.6) is 0 Å². The van der Waals surface area contributed by atoms with E-state index in [-0.39, 0.29) is 6.54 Å². The van der Waals surface area contributed by atoms with E-state index in [1.165, 1.54) is 6.92 Å². The average molecular weight is 326 g/mol. The van der Waals surface area contributed by atoms with Gasteiger partial charge in [-0.1, -0.05) is 0 Å². The minimum absolute atomic E-state index is 0.320. The zero-order valence-corrected chi connectivity index (χ0v) is 10.4. The van der Waals surface area contributed by atoms with Crippen molar-refractivity contribution in [3.8, 4) is 0 Å². The number of pyridine rings is 1. The van der Waals surface area contributed by atoms with Crippen molar-refractivity contribution >= 4 is 0 Å². The molecule has 0 aliphatic rings. The molecular weight excluding hydrogens is 317 g/mol. The molecule has 0 unspecified atom stereocenters. The van der Waals surface area contributed by atoms with Gasteiger partial charge in [0, 0.05) is 12.1 Å². The largest absolute Gasteiger partial charge is 0.460 e. The summed E-state index contributed by atoms with van der Waals surface area (Å²) in [5.74, 6) is -19.2. The predicted molar refractivity (Wildman–Crippen MR) is 52.2 cm³/mol. The van der Waals surface area contributed by atoms with E-state index in [1.807, 2.05) is 0 Å². The van der Waals surface area contributed by atoms with Crippen LogP contribution in [-0.4, -0.2) is 18.0 Å². The highest BCUT2D eigenvalue weighted by Crippen LogP contribution is 2.55. The molecule has 0 atom stereocenters. The number of aromatic nitrogens is 1. The van der Waals surface area contributed by atoms with E-state index in [2.05, 4.69) is 0 Å². The van der Waals surface area contributed by atoms with E-state index >= 15 is 0 Å². The summed E-state index contributed by atoms with van der Waals surface area (Å²) in [6.45, 7) is 0.916. The van der Waals surface area contributed by atoms with Gasteiger partial charge in [-0.2, -0.15) is 44.1 Å². The van der Waals surface area contributed by atoms with E-state index in [0.717, 1.165) is 18.3 Å². The smallest absolute Gasteiger partial charge is 0.197 e. The molecule has 0 saturated heterocycles. The third-order valence-electron chi connectivity index (χ3n) is 2.75. The summed E-state index contributed by atoms with van der Waals surface area (Å²) in [6, 6.07) is 2.34. The minimum Gasteiger partial charge on any atom is -0.197 e. The number of halogens is 9. The van der Waals surface area contributed by atoms with Crippen LogP contribution in [0.1, 0.15) is 12.6 Å². The molecule has 10 heteroatoms. The van der Waals surface area contributed by atoms with Gasteiger partial charge in [-0.25, -0.2) is 0 Å². The van der Waals surface area contributed by atoms with Crippen LogP contribution < -0.4 is 4.57 Å². The fraction of sp³-hybridized carbons (Fsp3) is 0.545. The summed E-state index contributed by atoms with van der Waals surface area (Å²) >= 11 is 0. The second-order valence-electron chi connectivity index (χ2n) is 4.09. The van der Waals surface area contributed by atoms with Crippen LogP contribution in [0.15, 0.2) is 24.4 Å². The second kappa shape index (κ2) is 5.06. The Labute approximate surface area is 113 Å². The van der Waals surface area contributed by atoms with Gasteiger partial charge in [0.25, 0.3) is 5.69 Å². The summed E-state index contributed by atoms with van der Waals surface area (Å²) in [7, 11) is 0. The maximum atomic E-state index is 13.7. The van der Waals surface area contributed by atoms with Gasteiger partial charge in [0.2, 0.25) is 0 Å². The fourth-order valence-corrected chi connectivity index (χ4v) is 1.57. The van der Waals surface area contributed by atoms with Crippen molar-refractivity contribution in [3.05, 3.63) is 30.1 Å². The van der Waals surface area contributed by atoms with Gasteiger partial charge in [-0.15, -0.1) is 0 Å². The molecule has 0 radical (unpaired) electrons. The first-order valence-electron chi connectivity index (χ1n) is 5.49. The molecule has 0 aliphatic carbocycles. The summed E-state index contributed by atoms with van der Waals surface area (Å²) in [5, 5.41) is 0. The Morgan fingerprint density at radius 3 is 1.81 bits per heavy atom. The van der Waals surface area contributed by atoms with Gasteiger partial charge in [-0.05, 0) is 13.0 Å². The molecule has 1 heterocycles. The second-order valence-corrected chi connectivity index (χ2v) is 4.09. The average Bonchev–Trinajstić information content (AvgIpc) is 2.36. The summed E-state index contributed by atoms with van der Waals surface area (Å²) in [5.41, 5.74) is -1.64. The van der Waals surface area contributed by atoms with Gasteiger partial charge in [0.15, 0.2) is 6.20 Å². The van der Waals surface area contributed by atoms with Crippen molar-refractivity contribution < 1.29 is 44.1 Å². The Kier molecular flexibility index (Phi) is 4.23. The molecule has 21 heavy (non-hydrogen) atoms. The lowest BCUT2D eigenvalue weighted by molar-refractivity contribution is -0.712. The minimum atomic E-state index is -6.88. The first-order valence-corrected chi connectivity index (χ1v) is 5.49. The van der Waals surface area contributed by atoms with Crippen LogP contribution in [0.25, 0.3) is 0 Å². The maximum absolute atomic E-state index is 13.7. The van der Waals surface area contributed by atoms with Crippen LogP contribution in [0, 0.1) is 0 Å². The highest BCUT2D eigenvalue weighted by Gasteiger charge is 2.83. The third kappa shape index (κ3) is 2.55. The van der Waals surface area contributed by atoms with Crippen molar-refractivity contribution in [2.75, 3.05) is 0 Å². The molecular formula is C11H9F9N+. The van der Waals surface area contributed by atoms with Gasteiger partial charge in [0.1, 0.15) is 6.54 Å². The molecule has 1 nitrogen and oxygen atoms in total. The Hall–Kier alpha value is -1.48. The number of alkyl halides is 9. The van der Waals surface area contributed by atoms with E-state index < -0.39 is 29.6 Å². The summed E-state index contributed by atoms with van der Waals surface area (Å²) in [4.78, 5) is 0. The van der Waals surface area contributed by atoms with E-state index in [9.17, 15) is 39.5 Å². The van der Waals surface area contributed by atoms with Crippen molar-refractivity contribution in [2.45, 2.75) is 37.4 Å². The number of hydrogen-bond acceptors (Lipinski definition) is 0. The van der Waals surface area contributed by atoms with Gasteiger partial charge in [-0.3, -0.25) is 0 Å². The van der Waals surface area contributed by atoms with Crippen molar-refractivity contribution in [2.24, 2.45) is 0 Å². The van der Waals surface area contributed by atoms with Crippen LogP contribution in [-0.2, 0) is 12.5 Å². The maximum Gasteiger partial charge on any atom is 0.460 e. The summed E-state index contributed by atoms with van der Waals surface area (Å²) < 4.78 is 116. The van der Waals surface area contributed by atoms with Crippen LogP contribution in [0.3, 0.4) is 0 Å². The molecule has 0 fully saturated rings. The molecule has 1 rings (SSSR count). The molecule has 0 aliphatic heterocycles. The number of nitrogens with zero attached hydrogens (tertiary/aromatic N) is 1. The molecule has 0 saturated carbocycles. The van der Waals surface area contributed by atoms with E-state index in [1.54, 1.807) is 0 Å². The zero-order chi connectivity index (χ0) is 16.7. The molecule has 0 amide bonds. The quantitative estimate of drug-likeness (QED) is 0.583. The zero-order valence-electron chi connectivity index (χ0n) is 10.4. The van der Waals surface area contributed by atoms with Crippen molar-refractivity contribution in [1.82, 2.24) is 0 Å². The third-order valence-corrected chi connectivity index (χ3v) is 2.75. The SMILES string of the molecule is CC[n+]1ccccc1C(F)(F)C(F)(F)C(F)(F)C(F)(F)F. The number of rotatable bonds is 4. The molecule has 120 valence electrons. The van der Waals surface area contributed by atoms with Crippen LogP contribution in [0.2, 0.25) is 0 Å². The molecule has 0 bridgehead atoms. The van der Waals surface area contributed by atoms with E-state index in [4.69, 9.17) is 0 Å². The Bertz CT molecular complexity index is 507. The topological polar surface area (TPSA) is 3.88 Å². The lowest BCUT2D eigenvalue weighted by Crippen LogP contribution is -2.62. The molecule has 0 N–H and O–H groups in total. The van der Waals surface area contributed by atoms with Gasteiger partial charge in [0.05, 0.1) is 0 Å². The number of hydrogen-bond donors (Lipinski definition) is 0. The summed E-state index contributed by atoms with van der Waals surface area (Å²) in [6.07, 6.45) is -5.95. The molecule has 0 aromatic carbocycles. The lowest BCUT2D eigenvalue weighted by Gasteiger charge is -2.32. The highest BCUT2D eigenvalue weighted by atomic mass is 19.4. The lowest BCUT2D eigenvalue weighted by atomic mass is 10.00. The normalized spacial score (nSPS) is 14.4. The van der Waals surface area contributed by atoms with Gasteiger partial charge < -0.3 is 0 Å². The molecule has 1 aromatic heterocycles. The Balaban J connectivity index is 3.47. The first kappa shape index (κ1) is 17.6. The standard InChI is InChI=1S/C11H9F9N/c1-2-21-6-4-3-5-7(21)8(12,13)9(14,15)10(16,17)11(18,19)20/h3-6H,2H2,1H3/q+1. The van der Waals surface area contributed by atoms with Gasteiger partial charge >= 0.3 is 23.9 Å². The van der Waals surface area contributed by atoms with Crippen LogP contribution in [0.4, 0.5) is 39.5 Å². The Morgan fingerprint density at radius 1 is 0.857 bits per heavy atom. The fourth-order valence-electron chi connectivity index (χ4n) is 1.57. The van der Waals surface area contributed by atoms with Crippen molar-refractivity contribution in [3.63, 3.8) is 0 Å². The monoisotopic (exact) mass is 326 g/mol. The Morgan fingerprint density at radius 2 is 1.38 bits per heavy atom. The van der Waals surface area contributed by atoms with E-state index in [0.29, 0.717) is 10.6 Å². The molecule has 1 aromatic rings. The number of aryl methyl sites for hydroxylation is 1.